The molecule has 0 saturated heterocycles. The molecule has 0 aliphatic carbocycles. The van der Waals surface area contributed by atoms with Crippen molar-refractivity contribution in [2.24, 2.45) is 0 Å². The Hall–Kier alpha value is -2.16. The minimum atomic E-state index is -3.89. The highest BCUT2D eigenvalue weighted by Crippen LogP contribution is 2.16. The van der Waals surface area contributed by atoms with Crippen molar-refractivity contribution >= 4 is 33.5 Å². The summed E-state index contributed by atoms with van der Waals surface area (Å²) in [6.45, 7) is 5.27. The van der Waals surface area contributed by atoms with E-state index in [4.69, 9.17) is 4.74 Å². The minimum Gasteiger partial charge on any atom is -0.456 e. The maximum atomic E-state index is 12.6. The topological polar surface area (TPSA) is 89.5 Å². The fourth-order valence-electron chi connectivity index (χ4n) is 2.89. The van der Waals surface area contributed by atoms with Crippen LogP contribution in [0.3, 0.4) is 0 Å². The highest BCUT2D eigenvalue weighted by Gasteiger charge is 2.27. The zero-order valence-corrected chi connectivity index (χ0v) is 19.2. The molecule has 0 amide bonds. The SMILES string of the molecule is CSCCC(NS(=O)(=O)c1ccccc1)C(=O)OCC(=O)c1cc(C)c(C)cc1C. The molecule has 0 aromatic heterocycles. The van der Waals surface area contributed by atoms with Gasteiger partial charge in [0.05, 0.1) is 4.90 Å². The van der Waals surface area contributed by atoms with Crippen LogP contribution in [-0.4, -0.2) is 44.8 Å². The number of rotatable bonds is 10. The standard InChI is InChI=1S/C22H27NO5S2/c1-15-12-17(3)19(13-16(15)2)21(24)14-28-22(25)20(10-11-29-4)23-30(26,27)18-8-6-5-7-9-18/h5-9,12-13,20,23H,10-11,14H2,1-4H3. The van der Waals surface area contributed by atoms with Gasteiger partial charge in [0, 0.05) is 5.56 Å². The van der Waals surface area contributed by atoms with Gasteiger partial charge in [-0.2, -0.15) is 16.5 Å². The van der Waals surface area contributed by atoms with E-state index in [1.807, 2.05) is 33.1 Å². The molecular formula is C22H27NO5S2. The van der Waals surface area contributed by atoms with Crippen molar-refractivity contribution in [1.82, 2.24) is 4.72 Å². The maximum absolute atomic E-state index is 12.6. The fraction of sp³-hybridized carbons (Fsp3) is 0.364. The predicted molar refractivity (Wildman–Crippen MR) is 119 cm³/mol. The van der Waals surface area contributed by atoms with Gasteiger partial charge in [-0.3, -0.25) is 9.59 Å². The molecule has 1 unspecified atom stereocenters. The zero-order chi connectivity index (χ0) is 22.3. The zero-order valence-electron chi connectivity index (χ0n) is 17.6. The van der Waals surface area contributed by atoms with Crippen molar-refractivity contribution in [2.45, 2.75) is 38.1 Å². The number of ether oxygens (including phenoxy) is 1. The first kappa shape index (κ1) is 24.1. The first-order valence-electron chi connectivity index (χ1n) is 9.49. The number of hydrogen-bond acceptors (Lipinski definition) is 6. The van der Waals surface area contributed by atoms with Gasteiger partial charge in [0.1, 0.15) is 6.04 Å². The Labute approximate surface area is 182 Å². The third kappa shape index (κ3) is 6.42. The molecule has 2 rings (SSSR count). The van der Waals surface area contributed by atoms with Crippen molar-refractivity contribution in [3.8, 4) is 0 Å². The van der Waals surface area contributed by atoms with Crippen LogP contribution in [0.5, 0.6) is 0 Å². The molecule has 162 valence electrons. The molecule has 0 aliphatic heterocycles. The highest BCUT2D eigenvalue weighted by atomic mass is 32.2. The lowest BCUT2D eigenvalue weighted by molar-refractivity contribution is -0.144. The second-order valence-electron chi connectivity index (χ2n) is 7.05. The third-order valence-corrected chi connectivity index (χ3v) is 6.86. The van der Waals surface area contributed by atoms with Gasteiger partial charge < -0.3 is 4.74 Å². The quantitative estimate of drug-likeness (QED) is 0.441. The Balaban J connectivity index is 2.10. The smallest absolute Gasteiger partial charge is 0.324 e. The monoisotopic (exact) mass is 449 g/mol. The number of benzene rings is 2. The molecule has 0 bridgehead atoms. The van der Waals surface area contributed by atoms with Crippen molar-refractivity contribution < 1.29 is 22.7 Å². The molecule has 0 spiro atoms. The van der Waals surface area contributed by atoms with Gasteiger partial charge in [-0.05, 0) is 74.1 Å². The predicted octanol–water partition coefficient (Wildman–Crippen LogP) is 3.44. The molecule has 0 radical (unpaired) electrons. The number of esters is 1. The lowest BCUT2D eigenvalue weighted by Crippen LogP contribution is -2.42. The first-order valence-corrected chi connectivity index (χ1v) is 12.4. The van der Waals surface area contributed by atoms with E-state index in [-0.39, 0.29) is 17.1 Å². The second kappa shape index (κ2) is 10.7. The van der Waals surface area contributed by atoms with Gasteiger partial charge in [0.25, 0.3) is 0 Å². The van der Waals surface area contributed by atoms with Gasteiger partial charge in [-0.15, -0.1) is 0 Å². The summed E-state index contributed by atoms with van der Waals surface area (Å²) >= 11 is 1.49. The number of carbonyl (C=O) groups excluding carboxylic acids is 2. The van der Waals surface area contributed by atoms with E-state index in [1.165, 1.54) is 23.9 Å². The molecular weight excluding hydrogens is 422 g/mol. The van der Waals surface area contributed by atoms with Crippen molar-refractivity contribution in [1.29, 1.82) is 0 Å². The Morgan fingerprint density at radius 2 is 1.67 bits per heavy atom. The number of thioether (sulfide) groups is 1. The molecule has 0 saturated carbocycles. The molecule has 2 aromatic rings. The Morgan fingerprint density at radius 3 is 2.30 bits per heavy atom. The number of Topliss-reactive ketones (excluding diaryl/α,β-unsaturated/α-hetero) is 1. The van der Waals surface area contributed by atoms with E-state index >= 15 is 0 Å². The number of carbonyl (C=O) groups is 2. The van der Waals surface area contributed by atoms with E-state index < -0.39 is 28.6 Å². The fourth-order valence-corrected chi connectivity index (χ4v) is 4.60. The summed E-state index contributed by atoms with van der Waals surface area (Å²) in [4.78, 5) is 25.2. The van der Waals surface area contributed by atoms with Crippen LogP contribution in [0, 0.1) is 20.8 Å². The Bertz CT molecular complexity index is 1000. The average Bonchev–Trinajstić information content (AvgIpc) is 2.72. The largest absolute Gasteiger partial charge is 0.456 e. The van der Waals surface area contributed by atoms with E-state index in [1.54, 1.807) is 24.3 Å². The van der Waals surface area contributed by atoms with E-state index in [0.717, 1.165) is 16.7 Å². The highest BCUT2D eigenvalue weighted by molar-refractivity contribution is 7.98. The Morgan fingerprint density at radius 1 is 1.03 bits per heavy atom. The third-order valence-electron chi connectivity index (χ3n) is 4.73. The molecule has 30 heavy (non-hydrogen) atoms. The lowest BCUT2D eigenvalue weighted by Gasteiger charge is -2.17. The van der Waals surface area contributed by atoms with Gasteiger partial charge in [-0.25, -0.2) is 8.42 Å². The summed E-state index contributed by atoms with van der Waals surface area (Å²) in [7, 11) is -3.89. The van der Waals surface area contributed by atoms with Crippen molar-refractivity contribution in [2.75, 3.05) is 18.6 Å². The van der Waals surface area contributed by atoms with Crippen LogP contribution >= 0.6 is 11.8 Å². The normalized spacial score (nSPS) is 12.4. The van der Waals surface area contributed by atoms with Crippen LogP contribution in [-0.2, 0) is 19.6 Å². The van der Waals surface area contributed by atoms with Gasteiger partial charge in [0.15, 0.2) is 6.61 Å². The van der Waals surface area contributed by atoms with E-state index in [2.05, 4.69) is 4.72 Å². The average molecular weight is 450 g/mol. The van der Waals surface area contributed by atoms with Gasteiger partial charge >= 0.3 is 5.97 Å². The van der Waals surface area contributed by atoms with Crippen LogP contribution < -0.4 is 4.72 Å². The first-order chi connectivity index (χ1) is 14.2. The molecule has 0 aliphatic rings. The van der Waals surface area contributed by atoms with Crippen LogP contribution in [0.2, 0.25) is 0 Å². The lowest BCUT2D eigenvalue weighted by atomic mass is 9.98. The number of aryl methyl sites for hydroxylation is 3. The summed E-state index contributed by atoms with van der Waals surface area (Å²) in [5, 5.41) is 0. The van der Waals surface area contributed by atoms with Crippen LogP contribution in [0.4, 0.5) is 0 Å². The maximum Gasteiger partial charge on any atom is 0.324 e. The molecule has 2 aromatic carbocycles. The van der Waals surface area contributed by atoms with Crippen molar-refractivity contribution in [3.05, 3.63) is 64.7 Å². The molecule has 6 nitrogen and oxygen atoms in total. The number of nitrogens with one attached hydrogen (secondary N) is 1. The van der Waals surface area contributed by atoms with E-state index in [0.29, 0.717) is 11.3 Å². The Kier molecular flexibility index (Phi) is 8.64. The van der Waals surface area contributed by atoms with Crippen LogP contribution in [0.25, 0.3) is 0 Å². The summed E-state index contributed by atoms with van der Waals surface area (Å²) in [5.74, 6) is -0.529. The van der Waals surface area contributed by atoms with Crippen LogP contribution in [0.15, 0.2) is 47.4 Å². The molecule has 0 heterocycles. The molecule has 1 N–H and O–H groups in total. The molecule has 0 fully saturated rings. The summed E-state index contributed by atoms with van der Waals surface area (Å²) < 4.78 is 32.8. The number of sulfonamides is 1. The summed E-state index contributed by atoms with van der Waals surface area (Å²) in [5.41, 5.74) is 3.36. The molecule has 8 heteroatoms. The van der Waals surface area contributed by atoms with Crippen LogP contribution in [0.1, 0.15) is 33.5 Å². The second-order valence-corrected chi connectivity index (χ2v) is 9.75. The summed E-state index contributed by atoms with van der Waals surface area (Å²) in [6, 6.07) is 10.4. The van der Waals surface area contributed by atoms with Gasteiger partial charge in [0.2, 0.25) is 15.8 Å². The van der Waals surface area contributed by atoms with E-state index in [9.17, 15) is 18.0 Å². The van der Waals surface area contributed by atoms with Crippen molar-refractivity contribution in [3.63, 3.8) is 0 Å². The van der Waals surface area contributed by atoms with Gasteiger partial charge in [-0.1, -0.05) is 24.3 Å². The summed E-state index contributed by atoms with van der Waals surface area (Å²) in [6.07, 6.45) is 2.11. The number of hydrogen-bond donors (Lipinski definition) is 1. The number of ketones is 1. The molecule has 1 atom stereocenters. The minimum absolute atomic E-state index is 0.0637.